The highest BCUT2D eigenvalue weighted by molar-refractivity contribution is 5.80. The van der Waals surface area contributed by atoms with E-state index in [9.17, 15) is 9.59 Å². The third-order valence-electron chi connectivity index (χ3n) is 3.09. The molecule has 0 saturated heterocycles. The van der Waals surface area contributed by atoms with Crippen molar-refractivity contribution in [1.29, 1.82) is 0 Å². The molecule has 1 unspecified atom stereocenters. The van der Waals surface area contributed by atoms with Crippen LogP contribution in [0.25, 0.3) is 0 Å². The zero-order valence-corrected chi connectivity index (χ0v) is 10.1. The summed E-state index contributed by atoms with van der Waals surface area (Å²) in [5.74, 6) is -0.946. The van der Waals surface area contributed by atoms with E-state index in [2.05, 4.69) is 0 Å². The van der Waals surface area contributed by atoms with E-state index >= 15 is 0 Å². The third kappa shape index (κ3) is 3.12. The molecule has 16 heavy (non-hydrogen) atoms. The molecule has 0 heterocycles. The van der Waals surface area contributed by atoms with Gasteiger partial charge in [-0.2, -0.15) is 0 Å². The van der Waals surface area contributed by atoms with Crippen molar-refractivity contribution in [3.8, 4) is 0 Å². The quantitative estimate of drug-likeness (QED) is 0.773. The first-order valence-electron chi connectivity index (χ1n) is 5.72. The maximum atomic E-state index is 12.0. The van der Waals surface area contributed by atoms with E-state index in [4.69, 9.17) is 5.11 Å². The van der Waals surface area contributed by atoms with E-state index in [0.29, 0.717) is 0 Å². The van der Waals surface area contributed by atoms with Crippen molar-refractivity contribution in [1.82, 2.24) is 9.80 Å². The summed E-state index contributed by atoms with van der Waals surface area (Å²) in [6, 6.07) is 0.108. The van der Waals surface area contributed by atoms with Gasteiger partial charge in [-0.1, -0.05) is 6.92 Å². The molecule has 5 nitrogen and oxygen atoms in total. The van der Waals surface area contributed by atoms with Gasteiger partial charge >= 0.3 is 12.0 Å². The molecule has 0 spiro atoms. The van der Waals surface area contributed by atoms with Crippen LogP contribution in [-0.4, -0.2) is 52.6 Å². The molecule has 1 atom stereocenters. The summed E-state index contributed by atoms with van der Waals surface area (Å²) in [7, 11) is 1.73. The summed E-state index contributed by atoms with van der Waals surface area (Å²) in [5.41, 5.74) is 0. The molecule has 0 radical (unpaired) electrons. The van der Waals surface area contributed by atoms with Crippen molar-refractivity contribution < 1.29 is 14.7 Å². The number of hydrogen-bond donors (Lipinski definition) is 1. The van der Waals surface area contributed by atoms with E-state index in [-0.39, 0.29) is 24.7 Å². The van der Waals surface area contributed by atoms with Gasteiger partial charge in [-0.3, -0.25) is 4.79 Å². The Bertz CT molecular complexity index is 276. The van der Waals surface area contributed by atoms with Crippen LogP contribution in [0.5, 0.6) is 0 Å². The van der Waals surface area contributed by atoms with E-state index in [1.807, 2.05) is 13.8 Å². The van der Waals surface area contributed by atoms with Gasteiger partial charge in [0.25, 0.3) is 0 Å². The number of rotatable bonds is 5. The van der Waals surface area contributed by atoms with Gasteiger partial charge < -0.3 is 14.9 Å². The van der Waals surface area contributed by atoms with Crippen molar-refractivity contribution in [2.45, 2.75) is 45.2 Å². The van der Waals surface area contributed by atoms with Crippen LogP contribution in [0.3, 0.4) is 0 Å². The summed E-state index contributed by atoms with van der Waals surface area (Å²) >= 11 is 0. The van der Waals surface area contributed by atoms with Crippen LogP contribution in [0, 0.1) is 0 Å². The SMILES string of the molecule is CCC(C)N(C)C(=O)N(CC(=O)O)C1CC1. The Hall–Kier alpha value is -1.26. The molecular weight excluding hydrogens is 208 g/mol. The lowest BCUT2D eigenvalue weighted by Gasteiger charge is -2.30. The van der Waals surface area contributed by atoms with Crippen molar-refractivity contribution >= 4 is 12.0 Å². The summed E-state index contributed by atoms with van der Waals surface area (Å²) in [6.07, 6.45) is 2.72. The Kier molecular flexibility index (Phi) is 4.15. The first-order valence-corrected chi connectivity index (χ1v) is 5.72. The van der Waals surface area contributed by atoms with Gasteiger partial charge in [0.1, 0.15) is 6.54 Å². The average molecular weight is 228 g/mol. The van der Waals surface area contributed by atoms with Gasteiger partial charge in [0.2, 0.25) is 0 Å². The van der Waals surface area contributed by atoms with Gasteiger partial charge in [0.05, 0.1) is 0 Å². The molecule has 2 amide bonds. The molecule has 92 valence electrons. The molecule has 1 saturated carbocycles. The first kappa shape index (κ1) is 12.8. The maximum absolute atomic E-state index is 12.0. The van der Waals surface area contributed by atoms with Gasteiger partial charge in [0.15, 0.2) is 0 Å². The van der Waals surface area contributed by atoms with E-state index in [1.54, 1.807) is 11.9 Å². The van der Waals surface area contributed by atoms with Crippen LogP contribution in [0.2, 0.25) is 0 Å². The largest absolute Gasteiger partial charge is 0.480 e. The van der Waals surface area contributed by atoms with Gasteiger partial charge in [0, 0.05) is 19.1 Å². The fourth-order valence-electron chi connectivity index (χ4n) is 1.55. The van der Waals surface area contributed by atoms with Crippen LogP contribution >= 0.6 is 0 Å². The second kappa shape index (κ2) is 5.18. The Labute approximate surface area is 96.0 Å². The van der Waals surface area contributed by atoms with E-state index in [1.165, 1.54) is 4.90 Å². The molecule has 1 aliphatic rings. The molecule has 0 aromatic carbocycles. The molecule has 1 rings (SSSR count). The summed E-state index contributed by atoms with van der Waals surface area (Å²) in [6.45, 7) is 3.78. The smallest absolute Gasteiger partial charge is 0.323 e. The molecule has 0 bridgehead atoms. The van der Waals surface area contributed by atoms with Gasteiger partial charge in [-0.05, 0) is 26.2 Å². The Morgan fingerprint density at radius 2 is 2.00 bits per heavy atom. The fraction of sp³-hybridized carbons (Fsp3) is 0.818. The van der Waals surface area contributed by atoms with E-state index < -0.39 is 5.97 Å². The lowest BCUT2D eigenvalue weighted by Crippen LogP contribution is -2.47. The van der Waals surface area contributed by atoms with Crippen LogP contribution in [0.4, 0.5) is 4.79 Å². The molecule has 5 heteroatoms. The fourth-order valence-corrected chi connectivity index (χ4v) is 1.55. The standard InChI is InChI=1S/C11H20N2O3/c1-4-8(2)12(3)11(16)13(7-10(14)15)9-5-6-9/h8-9H,4-7H2,1-3H3,(H,14,15). The zero-order chi connectivity index (χ0) is 12.3. The molecule has 0 aromatic rings. The molecule has 0 aliphatic heterocycles. The van der Waals surface area contributed by atoms with Crippen LogP contribution in [-0.2, 0) is 4.79 Å². The lowest BCUT2D eigenvalue weighted by atomic mass is 10.2. The number of carbonyl (C=O) groups is 2. The zero-order valence-electron chi connectivity index (χ0n) is 10.1. The number of hydrogen-bond acceptors (Lipinski definition) is 2. The highest BCUT2D eigenvalue weighted by Crippen LogP contribution is 2.27. The predicted molar refractivity (Wildman–Crippen MR) is 60.3 cm³/mol. The van der Waals surface area contributed by atoms with E-state index in [0.717, 1.165) is 19.3 Å². The Morgan fingerprint density at radius 1 is 1.44 bits per heavy atom. The highest BCUT2D eigenvalue weighted by Gasteiger charge is 2.35. The lowest BCUT2D eigenvalue weighted by molar-refractivity contribution is -0.137. The molecule has 1 fully saturated rings. The van der Waals surface area contributed by atoms with Crippen molar-refractivity contribution in [3.05, 3.63) is 0 Å². The van der Waals surface area contributed by atoms with Gasteiger partial charge in [-0.15, -0.1) is 0 Å². The molecular formula is C11H20N2O3. The monoisotopic (exact) mass is 228 g/mol. The summed E-state index contributed by atoms with van der Waals surface area (Å²) in [4.78, 5) is 25.8. The number of nitrogens with zero attached hydrogens (tertiary/aromatic N) is 2. The average Bonchev–Trinajstić information content (AvgIpc) is 3.06. The van der Waals surface area contributed by atoms with Crippen molar-refractivity contribution in [2.75, 3.05) is 13.6 Å². The van der Waals surface area contributed by atoms with Crippen LogP contribution < -0.4 is 0 Å². The maximum Gasteiger partial charge on any atom is 0.323 e. The number of aliphatic carboxylic acids is 1. The minimum atomic E-state index is -0.946. The van der Waals surface area contributed by atoms with Crippen molar-refractivity contribution in [2.24, 2.45) is 0 Å². The number of carboxylic acid groups (broad SMARTS) is 1. The minimum absolute atomic E-state index is 0.134. The minimum Gasteiger partial charge on any atom is -0.480 e. The first-order chi connectivity index (χ1) is 7.47. The number of amides is 2. The number of urea groups is 1. The predicted octanol–water partition coefficient (Wildman–Crippen LogP) is 1.39. The van der Waals surface area contributed by atoms with Gasteiger partial charge in [-0.25, -0.2) is 4.79 Å². The molecule has 0 aromatic heterocycles. The third-order valence-corrected chi connectivity index (χ3v) is 3.09. The van der Waals surface area contributed by atoms with Crippen molar-refractivity contribution in [3.63, 3.8) is 0 Å². The molecule has 1 aliphatic carbocycles. The normalized spacial score (nSPS) is 16.7. The van der Waals surface area contributed by atoms with Crippen LogP contribution in [0.1, 0.15) is 33.1 Å². The number of carboxylic acids is 1. The molecule has 1 N–H and O–H groups in total. The Balaban J connectivity index is 2.63. The second-order valence-corrected chi connectivity index (χ2v) is 4.40. The topological polar surface area (TPSA) is 60.9 Å². The summed E-state index contributed by atoms with van der Waals surface area (Å²) < 4.78 is 0. The number of carbonyl (C=O) groups excluding carboxylic acids is 1. The second-order valence-electron chi connectivity index (χ2n) is 4.40. The summed E-state index contributed by atoms with van der Waals surface area (Å²) in [5, 5.41) is 8.77. The Morgan fingerprint density at radius 3 is 2.38 bits per heavy atom. The highest BCUT2D eigenvalue weighted by atomic mass is 16.4. The van der Waals surface area contributed by atoms with Crippen LogP contribution in [0.15, 0.2) is 0 Å².